The molecule has 0 aliphatic carbocycles. The van der Waals surface area contributed by atoms with Gasteiger partial charge in [0.2, 0.25) is 0 Å². The van der Waals surface area contributed by atoms with Crippen molar-refractivity contribution >= 4 is 6.21 Å². The van der Waals surface area contributed by atoms with E-state index in [1.165, 1.54) is 6.21 Å². The van der Waals surface area contributed by atoms with Crippen LogP contribution in [0.4, 0.5) is 0 Å². The number of nitrogens with one attached hydrogen (secondary N) is 1. The molecule has 0 fully saturated rings. The SMILES string of the molecule is COc1cc(C=N)cc(OC)c1. The van der Waals surface area contributed by atoms with Crippen LogP contribution in [0.3, 0.4) is 0 Å². The molecule has 0 atom stereocenters. The molecule has 0 aromatic heterocycles. The van der Waals surface area contributed by atoms with Gasteiger partial charge in [-0.1, -0.05) is 0 Å². The third-order valence-corrected chi connectivity index (χ3v) is 1.54. The van der Waals surface area contributed by atoms with E-state index in [-0.39, 0.29) is 0 Å². The highest BCUT2D eigenvalue weighted by atomic mass is 16.5. The van der Waals surface area contributed by atoms with Gasteiger partial charge in [-0.05, 0) is 17.7 Å². The molecule has 0 saturated heterocycles. The van der Waals surface area contributed by atoms with Crippen molar-refractivity contribution in [3.63, 3.8) is 0 Å². The summed E-state index contributed by atoms with van der Waals surface area (Å²) in [5.74, 6) is 1.40. The summed E-state index contributed by atoms with van der Waals surface area (Å²) in [4.78, 5) is 0. The van der Waals surface area contributed by atoms with E-state index in [0.29, 0.717) is 11.5 Å². The number of ether oxygens (including phenoxy) is 2. The first-order valence-corrected chi connectivity index (χ1v) is 3.53. The lowest BCUT2D eigenvalue weighted by Crippen LogP contribution is -1.89. The van der Waals surface area contributed by atoms with Crippen LogP contribution in [0.1, 0.15) is 5.56 Å². The number of rotatable bonds is 3. The quantitative estimate of drug-likeness (QED) is 0.692. The second-order valence-corrected chi connectivity index (χ2v) is 2.29. The summed E-state index contributed by atoms with van der Waals surface area (Å²) in [6.07, 6.45) is 1.26. The van der Waals surface area contributed by atoms with Crippen molar-refractivity contribution in [1.82, 2.24) is 0 Å². The Hall–Kier alpha value is -1.51. The predicted octanol–water partition coefficient (Wildman–Crippen LogP) is 1.70. The Bertz CT molecular complexity index is 262. The minimum absolute atomic E-state index is 0.702. The zero-order chi connectivity index (χ0) is 8.97. The fourth-order valence-electron chi connectivity index (χ4n) is 0.913. The molecule has 3 heteroatoms. The van der Waals surface area contributed by atoms with Crippen LogP contribution in [0, 0.1) is 5.41 Å². The van der Waals surface area contributed by atoms with Gasteiger partial charge in [-0.25, -0.2) is 0 Å². The van der Waals surface area contributed by atoms with E-state index in [4.69, 9.17) is 14.9 Å². The summed E-state index contributed by atoms with van der Waals surface area (Å²) in [6.45, 7) is 0. The molecule has 0 bridgehead atoms. The van der Waals surface area contributed by atoms with Crippen LogP contribution in [0.2, 0.25) is 0 Å². The van der Waals surface area contributed by atoms with E-state index in [1.54, 1.807) is 32.4 Å². The molecule has 1 rings (SSSR count). The van der Waals surface area contributed by atoms with Crippen molar-refractivity contribution in [3.8, 4) is 11.5 Å². The molecule has 0 heterocycles. The Labute approximate surface area is 71.4 Å². The molecule has 0 unspecified atom stereocenters. The summed E-state index contributed by atoms with van der Waals surface area (Å²) >= 11 is 0. The van der Waals surface area contributed by atoms with Gasteiger partial charge in [0.15, 0.2) is 0 Å². The first-order chi connectivity index (χ1) is 5.80. The van der Waals surface area contributed by atoms with E-state index in [9.17, 15) is 0 Å². The molecule has 12 heavy (non-hydrogen) atoms. The van der Waals surface area contributed by atoms with Crippen molar-refractivity contribution in [2.75, 3.05) is 14.2 Å². The van der Waals surface area contributed by atoms with Crippen LogP contribution >= 0.6 is 0 Å². The summed E-state index contributed by atoms with van der Waals surface area (Å²) in [5.41, 5.74) is 0.770. The van der Waals surface area contributed by atoms with Gasteiger partial charge in [-0.2, -0.15) is 0 Å². The molecule has 64 valence electrons. The Balaban J connectivity index is 3.09. The van der Waals surface area contributed by atoms with Gasteiger partial charge >= 0.3 is 0 Å². The van der Waals surface area contributed by atoms with Gasteiger partial charge in [0.1, 0.15) is 11.5 Å². The van der Waals surface area contributed by atoms with Crippen molar-refractivity contribution in [3.05, 3.63) is 23.8 Å². The second kappa shape index (κ2) is 3.76. The summed E-state index contributed by atoms with van der Waals surface area (Å²) in [7, 11) is 3.17. The largest absolute Gasteiger partial charge is 0.497 e. The molecule has 0 saturated carbocycles. The third-order valence-electron chi connectivity index (χ3n) is 1.54. The van der Waals surface area contributed by atoms with Crippen LogP contribution in [-0.4, -0.2) is 20.4 Å². The Morgan fingerprint density at radius 2 is 1.58 bits per heavy atom. The second-order valence-electron chi connectivity index (χ2n) is 2.29. The fourth-order valence-corrected chi connectivity index (χ4v) is 0.913. The van der Waals surface area contributed by atoms with Crippen LogP contribution in [0.15, 0.2) is 18.2 Å². The highest BCUT2D eigenvalue weighted by Gasteiger charge is 1.98. The monoisotopic (exact) mass is 165 g/mol. The number of hydrogen-bond donors (Lipinski definition) is 1. The van der Waals surface area contributed by atoms with Gasteiger partial charge in [0, 0.05) is 12.3 Å². The normalized spacial score (nSPS) is 9.17. The van der Waals surface area contributed by atoms with E-state index in [1.807, 2.05) is 0 Å². The summed E-state index contributed by atoms with van der Waals surface area (Å²) < 4.78 is 10.0. The van der Waals surface area contributed by atoms with Crippen LogP contribution in [0.5, 0.6) is 11.5 Å². The maximum atomic E-state index is 7.05. The van der Waals surface area contributed by atoms with E-state index < -0.39 is 0 Å². The third kappa shape index (κ3) is 1.75. The van der Waals surface area contributed by atoms with Crippen molar-refractivity contribution < 1.29 is 9.47 Å². The fraction of sp³-hybridized carbons (Fsp3) is 0.222. The maximum Gasteiger partial charge on any atom is 0.123 e. The molecule has 1 N–H and O–H groups in total. The zero-order valence-electron chi connectivity index (χ0n) is 7.13. The molecule has 0 aliphatic heterocycles. The zero-order valence-corrected chi connectivity index (χ0v) is 7.13. The Kier molecular flexibility index (Phi) is 2.69. The first-order valence-electron chi connectivity index (χ1n) is 3.53. The smallest absolute Gasteiger partial charge is 0.123 e. The standard InChI is InChI=1S/C9H11NO2/c1-11-8-3-7(6-10)4-9(5-8)12-2/h3-6,10H,1-2H3. The lowest BCUT2D eigenvalue weighted by Gasteiger charge is -2.04. The van der Waals surface area contributed by atoms with E-state index >= 15 is 0 Å². The number of methoxy groups -OCH3 is 2. The van der Waals surface area contributed by atoms with Gasteiger partial charge in [0.25, 0.3) is 0 Å². The highest BCUT2D eigenvalue weighted by Crippen LogP contribution is 2.21. The number of hydrogen-bond acceptors (Lipinski definition) is 3. The van der Waals surface area contributed by atoms with Crippen molar-refractivity contribution in [2.24, 2.45) is 0 Å². The van der Waals surface area contributed by atoms with Gasteiger partial charge in [-0.3, -0.25) is 0 Å². The molecule has 1 aromatic carbocycles. The average molecular weight is 165 g/mol. The number of benzene rings is 1. The summed E-state index contributed by atoms with van der Waals surface area (Å²) in [5, 5.41) is 7.05. The van der Waals surface area contributed by atoms with E-state index in [0.717, 1.165) is 5.56 Å². The molecular formula is C9H11NO2. The lowest BCUT2D eigenvalue weighted by atomic mass is 10.2. The molecule has 0 radical (unpaired) electrons. The topological polar surface area (TPSA) is 42.3 Å². The summed E-state index contributed by atoms with van der Waals surface area (Å²) in [6, 6.07) is 5.32. The molecule has 3 nitrogen and oxygen atoms in total. The van der Waals surface area contributed by atoms with Gasteiger partial charge in [0.05, 0.1) is 14.2 Å². The predicted molar refractivity (Wildman–Crippen MR) is 47.4 cm³/mol. The van der Waals surface area contributed by atoms with Gasteiger partial charge < -0.3 is 14.9 Å². The maximum absolute atomic E-state index is 7.05. The molecular weight excluding hydrogens is 154 g/mol. The Morgan fingerprint density at radius 1 is 1.08 bits per heavy atom. The molecule has 0 amide bonds. The first kappa shape index (κ1) is 8.59. The van der Waals surface area contributed by atoms with Crippen molar-refractivity contribution in [1.29, 1.82) is 5.41 Å². The van der Waals surface area contributed by atoms with Crippen LogP contribution in [0.25, 0.3) is 0 Å². The highest BCUT2D eigenvalue weighted by molar-refractivity contribution is 5.78. The lowest BCUT2D eigenvalue weighted by molar-refractivity contribution is 0.394. The molecule has 0 aliphatic rings. The minimum Gasteiger partial charge on any atom is -0.497 e. The molecule has 0 spiro atoms. The van der Waals surface area contributed by atoms with Crippen molar-refractivity contribution in [2.45, 2.75) is 0 Å². The minimum atomic E-state index is 0.702. The Morgan fingerprint density at radius 3 is 1.92 bits per heavy atom. The molecule has 1 aromatic rings. The van der Waals surface area contributed by atoms with Crippen LogP contribution < -0.4 is 9.47 Å². The van der Waals surface area contributed by atoms with Gasteiger partial charge in [-0.15, -0.1) is 0 Å². The van der Waals surface area contributed by atoms with E-state index in [2.05, 4.69) is 0 Å². The average Bonchev–Trinajstić information content (AvgIpc) is 2.16. The van der Waals surface area contributed by atoms with Crippen LogP contribution in [-0.2, 0) is 0 Å².